The third kappa shape index (κ3) is 1.86. The van der Waals surface area contributed by atoms with E-state index in [0.29, 0.717) is 15.8 Å². The topological polar surface area (TPSA) is 14.2 Å². The lowest BCUT2D eigenvalue weighted by Crippen LogP contribution is -2.01. The predicted molar refractivity (Wildman–Crippen MR) is 56.9 cm³/mol. The highest BCUT2D eigenvalue weighted by Crippen LogP contribution is 2.31. The molecule has 0 saturated carbocycles. The minimum absolute atomic E-state index is 0.419. The minimum Gasteiger partial charge on any atom is -0.374 e. The van der Waals surface area contributed by atoms with Crippen molar-refractivity contribution < 1.29 is 4.84 Å². The Morgan fingerprint density at radius 3 is 2.43 bits per heavy atom. The van der Waals surface area contributed by atoms with E-state index in [9.17, 15) is 0 Å². The zero-order valence-corrected chi connectivity index (χ0v) is 8.66. The molecule has 0 aliphatic rings. The Kier molecular flexibility index (Phi) is 2.66. The summed E-state index contributed by atoms with van der Waals surface area (Å²) in [6.45, 7) is 0. The molecule has 14 heavy (non-hydrogen) atoms. The molecule has 0 radical (unpaired) electrons. The first-order valence-electron chi connectivity index (χ1n) is 4.03. The third-order valence-electron chi connectivity index (χ3n) is 1.70. The van der Waals surface area contributed by atoms with Gasteiger partial charge in [0, 0.05) is 12.4 Å². The van der Waals surface area contributed by atoms with Crippen LogP contribution in [0.25, 0.3) is 0 Å². The Hall–Kier alpha value is -1.12. The second-order valence-corrected chi connectivity index (χ2v) is 3.47. The van der Waals surface area contributed by atoms with E-state index >= 15 is 0 Å². The van der Waals surface area contributed by atoms with Gasteiger partial charge in [-0.05, 0) is 24.3 Å². The van der Waals surface area contributed by atoms with Crippen molar-refractivity contribution in [3.05, 3.63) is 52.8 Å². The molecule has 0 fully saturated rings. The molecule has 0 spiro atoms. The van der Waals surface area contributed by atoms with Crippen LogP contribution in [0.15, 0.2) is 42.7 Å². The molecule has 0 aliphatic heterocycles. The molecule has 0 bridgehead atoms. The summed E-state index contributed by atoms with van der Waals surface area (Å²) in [5, 5.41) is 0.902. The minimum atomic E-state index is 0.419. The van der Waals surface area contributed by atoms with Gasteiger partial charge in [-0.15, -0.1) is 0 Å². The fraction of sp³-hybridized carbons (Fsp3) is 0. The van der Waals surface area contributed by atoms with Gasteiger partial charge in [0.1, 0.15) is 5.02 Å². The fourth-order valence-corrected chi connectivity index (χ4v) is 1.37. The molecular formula is C10H7Cl2NO. The van der Waals surface area contributed by atoms with Crippen molar-refractivity contribution >= 4 is 23.2 Å². The van der Waals surface area contributed by atoms with Gasteiger partial charge in [-0.3, -0.25) is 0 Å². The van der Waals surface area contributed by atoms with Crippen LogP contribution in [0.4, 0.5) is 0 Å². The van der Waals surface area contributed by atoms with Gasteiger partial charge in [0.15, 0.2) is 5.75 Å². The second-order valence-electron chi connectivity index (χ2n) is 2.69. The number of halogens is 2. The zero-order valence-electron chi connectivity index (χ0n) is 7.15. The molecule has 0 aliphatic carbocycles. The molecule has 0 saturated heterocycles. The molecule has 0 N–H and O–H groups in total. The third-order valence-corrected chi connectivity index (χ3v) is 2.50. The summed E-state index contributed by atoms with van der Waals surface area (Å²) in [5.41, 5.74) is 0. The molecule has 72 valence electrons. The van der Waals surface area contributed by atoms with Gasteiger partial charge < -0.3 is 4.84 Å². The molecule has 1 aromatic carbocycles. The molecule has 0 unspecified atom stereocenters. The maximum atomic E-state index is 5.94. The lowest BCUT2D eigenvalue weighted by Gasteiger charge is -2.07. The van der Waals surface area contributed by atoms with Crippen LogP contribution < -0.4 is 4.84 Å². The molecule has 0 atom stereocenters. The van der Waals surface area contributed by atoms with Crippen LogP contribution in [-0.4, -0.2) is 4.73 Å². The van der Waals surface area contributed by atoms with Gasteiger partial charge in [-0.2, -0.15) is 4.73 Å². The van der Waals surface area contributed by atoms with E-state index in [0.717, 1.165) is 0 Å². The van der Waals surface area contributed by atoms with Crippen LogP contribution in [-0.2, 0) is 0 Å². The van der Waals surface area contributed by atoms with Crippen LogP contribution in [0.5, 0.6) is 5.75 Å². The standard InChI is InChI=1S/C10H7Cl2NO/c11-8-4-3-5-9(10(8)12)14-13-6-1-2-7-13/h1-7H. The molecule has 0 amide bonds. The van der Waals surface area contributed by atoms with Crippen molar-refractivity contribution in [2.75, 3.05) is 0 Å². The highest BCUT2D eigenvalue weighted by Gasteiger charge is 2.05. The number of hydrogen-bond donors (Lipinski definition) is 0. The number of benzene rings is 1. The van der Waals surface area contributed by atoms with E-state index < -0.39 is 0 Å². The summed E-state index contributed by atoms with van der Waals surface area (Å²) in [5.74, 6) is 0.537. The van der Waals surface area contributed by atoms with Gasteiger partial charge >= 0.3 is 0 Å². The number of nitrogens with zero attached hydrogens (tertiary/aromatic N) is 1. The zero-order chi connectivity index (χ0) is 9.97. The number of rotatable bonds is 2. The van der Waals surface area contributed by atoms with Crippen LogP contribution in [0, 0.1) is 0 Å². The smallest absolute Gasteiger partial charge is 0.175 e. The Morgan fingerprint density at radius 2 is 1.71 bits per heavy atom. The van der Waals surface area contributed by atoms with Crippen LogP contribution >= 0.6 is 23.2 Å². The average molecular weight is 228 g/mol. The molecule has 1 heterocycles. The lowest BCUT2D eigenvalue weighted by molar-refractivity contribution is 0.217. The average Bonchev–Trinajstić information content (AvgIpc) is 2.66. The van der Waals surface area contributed by atoms with Crippen molar-refractivity contribution in [1.82, 2.24) is 4.73 Å². The van der Waals surface area contributed by atoms with Crippen molar-refractivity contribution in [2.24, 2.45) is 0 Å². The summed E-state index contributed by atoms with van der Waals surface area (Å²) in [6, 6.07) is 8.98. The lowest BCUT2D eigenvalue weighted by atomic mass is 10.3. The highest BCUT2D eigenvalue weighted by atomic mass is 35.5. The highest BCUT2D eigenvalue weighted by molar-refractivity contribution is 6.42. The summed E-state index contributed by atoms with van der Waals surface area (Å²) in [4.78, 5) is 5.43. The Bertz CT molecular complexity index is 426. The summed E-state index contributed by atoms with van der Waals surface area (Å²) in [7, 11) is 0. The fourth-order valence-electron chi connectivity index (χ4n) is 1.05. The summed E-state index contributed by atoms with van der Waals surface area (Å²) in [6.07, 6.45) is 3.55. The Balaban J connectivity index is 2.29. The normalized spacial score (nSPS) is 10.1. The van der Waals surface area contributed by atoms with Crippen LogP contribution in [0.1, 0.15) is 0 Å². The van der Waals surface area contributed by atoms with Crippen molar-refractivity contribution in [3.63, 3.8) is 0 Å². The number of aromatic nitrogens is 1. The molecular weight excluding hydrogens is 221 g/mol. The van der Waals surface area contributed by atoms with Gasteiger partial charge in [-0.25, -0.2) is 0 Å². The monoisotopic (exact) mass is 227 g/mol. The quantitative estimate of drug-likeness (QED) is 0.765. The molecule has 4 heteroatoms. The van der Waals surface area contributed by atoms with Crippen LogP contribution in [0.3, 0.4) is 0 Å². The second kappa shape index (κ2) is 3.95. The first-order valence-corrected chi connectivity index (χ1v) is 4.78. The van der Waals surface area contributed by atoms with Gasteiger partial charge in [0.05, 0.1) is 5.02 Å². The number of hydrogen-bond acceptors (Lipinski definition) is 1. The van der Waals surface area contributed by atoms with E-state index in [4.69, 9.17) is 28.0 Å². The van der Waals surface area contributed by atoms with Gasteiger partial charge in [0.25, 0.3) is 0 Å². The Labute approximate surface area is 91.6 Å². The van der Waals surface area contributed by atoms with E-state index in [1.54, 1.807) is 35.3 Å². The van der Waals surface area contributed by atoms with Gasteiger partial charge in [-0.1, -0.05) is 29.3 Å². The SMILES string of the molecule is Clc1cccc(On2cccc2)c1Cl. The van der Waals surface area contributed by atoms with Crippen molar-refractivity contribution in [3.8, 4) is 5.75 Å². The van der Waals surface area contributed by atoms with Crippen molar-refractivity contribution in [1.29, 1.82) is 0 Å². The largest absolute Gasteiger partial charge is 0.374 e. The summed E-state index contributed by atoms with van der Waals surface area (Å²) < 4.78 is 1.55. The van der Waals surface area contributed by atoms with E-state index in [1.165, 1.54) is 0 Å². The Morgan fingerprint density at radius 1 is 1.00 bits per heavy atom. The van der Waals surface area contributed by atoms with E-state index in [2.05, 4.69) is 0 Å². The van der Waals surface area contributed by atoms with Crippen molar-refractivity contribution in [2.45, 2.75) is 0 Å². The summed E-state index contributed by atoms with van der Waals surface area (Å²) >= 11 is 11.8. The first-order chi connectivity index (χ1) is 6.77. The predicted octanol–water partition coefficient (Wildman–Crippen LogP) is 3.64. The van der Waals surface area contributed by atoms with Gasteiger partial charge in [0.2, 0.25) is 0 Å². The molecule has 1 aromatic heterocycles. The maximum absolute atomic E-state index is 5.94. The molecule has 2 rings (SSSR count). The molecule has 2 nitrogen and oxygen atoms in total. The molecule has 2 aromatic rings. The first kappa shape index (κ1) is 9.44. The van der Waals surface area contributed by atoms with Crippen LogP contribution in [0.2, 0.25) is 10.0 Å². The van der Waals surface area contributed by atoms with E-state index in [1.807, 2.05) is 12.1 Å². The maximum Gasteiger partial charge on any atom is 0.175 e. The van der Waals surface area contributed by atoms with E-state index in [-0.39, 0.29) is 0 Å².